The number of carbonyl (C=O) groups is 1. The van der Waals surface area contributed by atoms with Crippen LogP contribution in [0.1, 0.15) is 47.3 Å². The van der Waals surface area contributed by atoms with Gasteiger partial charge in [-0.3, -0.25) is 9.78 Å². The van der Waals surface area contributed by atoms with E-state index in [0.717, 1.165) is 72.1 Å². The van der Waals surface area contributed by atoms with Crippen LogP contribution in [-0.2, 0) is 6.54 Å². The van der Waals surface area contributed by atoms with Crippen LogP contribution in [0.15, 0.2) is 30.5 Å². The van der Waals surface area contributed by atoms with Crippen LogP contribution in [0.5, 0.6) is 0 Å². The van der Waals surface area contributed by atoms with Crippen molar-refractivity contribution in [3.8, 4) is 11.1 Å². The lowest BCUT2D eigenvalue weighted by Gasteiger charge is -2.36. The second-order valence-corrected chi connectivity index (χ2v) is 8.28. The number of aromatic nitrogens is 1. The third-order valence-corrected chi connectivity index (χ3v) is 5.85. The Hall–Kier alpha value is -2.24. The van der Waals surface area contributed by atoms with E-state index in [-0.39, 0.29) is 0 Å². The highest BCUT2D eigenvalue weighted by Crippen LogP contribution is 2.33. The van der Waals surface area contributed by atoms with Gasteiger partial charge in [0.2, 0.25) is 0 Å². The van der Waals surface area contributed by atoms with Gasteiger partial charge in [-0.05, 0) is 76.0 Å². The molecule has 1 aliphatic rings. The Labute approximate surface area is 168 Å². The number of nitrogens with two attached hydrogens (primary N) is 1. The normalized spacial score (nSPS) is 19.6. The number of carbonyl (C=O) groups excluding carboxylic acids is 1. The summed E-state index contributed by atoms with van der Waals surface area (Å²) in [6.45, 7) is 2.85. The number of aldehydes is 1. The number of benzene rings is 1. The van der Waals surface area contributed by atoms with E-state index in [9.17, 15) is 4.79 Å². The highest BCUT2D eigenvalue weighted by Gasteiger charge is 2.24. The Morgan fingerprint density at radius 3 is 2.39 bits per heavy atom. The minimum absolute atomic E-state index is 0.328. The van der Waals surface area contributed by atoms with Gasteiger partial charge in [0, 0.05) is 48.7 Å². The fraction of sp³-hybridized carbons (Fsp3) is 0.478. The predicted octanol–water partition coefficient (Wildman–Crippen LogP) is 3.64. The lowest BCUT2D eigenvalue weighted by Crippen LogP contribution is -2.39. The third kappa shape index (κ3) is 4.59. The molecule has 1 fully saturated rings. The summed E-state index contributed by atoms with van der Waals surface area (Å²) in [5, 5.41) is 0. The van der Waals surface area contributed by atoms with Crippen molar-refractivity contribution in [2.75, 3.05) is 26.0 Å². The van der Waals surface area contributed by atoms with Crippen molar-refractivity contribution in [1.29, 1.82) is 0 Å². The maximum absolute atomic E-state index is 11.7. The minimum Gasteiger partial charge on any atom is -0.371 e. The van der Waals surface area contributed by atoms with Crippen molar-refractivity contribution in [3.05, 3.63) is 47.3 Å². The smallest absolute Gasteiger partial charge is 0.150 e. The number of anilines is 1. The molecule has 1 aromatic heterocycles. The molecule has 2 aromatic rings. The molecule has 28 heavy (non-hydrogen) atoms. The zero-order chi connectivity index (χ0) is 20.3. The van der Waals surface area contributed by atoms with Crippen molar-refractivity contribution >= 4 is 12.0 Å². The molecule has 0 saturated heterocycles. The molecule has 3 rings (SSSR count). The van der Waals surface area contributed by atoms with Gasteiger partial charge >= 0.3 is 0 Å². The lowest BCUT2D eigenvalue weighted by molar-refractivity contribution is 0.112. The highest BCUT2D eigenvalue weighted by molar-refractivity contribution is 5.85. The van der Waals surface area contributed by atoms with Gasteiger partial charge in [0.1, 0.15) is 6.29 Å². The fourth-order valence-corrected chi connectivity index (χ4v) is 4.07. The van der Waals surface area contributed by atoms with E-state index in [4.69, 9.17) is 5.73 Å². The number of hydrogen-bond donors (Lipinski definition) is 1. The van der Waals surface area contributed by atoms with Gasteiger partial charge in [-0.2, -0.15) is 0 Å². The summed E-state index contributed by atoms with van der Waals surface area (Å²) in [5.74, 6) is 0. The molecular weight excluding hydrogens is 348 g/mol. The molecule has 1 aliphatic carbocycles. The summed E-state index contributed by atoms with van der Waals surface area (Å²) >= 11 is 0. The Bertz CT molecular complexity index is 808. The molecular formula is C23H32N4O. The first-order valence-corrected chi connectivity index (χ1v) is 10.1. The number of pyridine rings is 1. The Balaban J connectivity index is 1.92. The predicted molar refractivity (Wildman–Crippen MR) is 116 cm³/mol. The van der Waals surface area contributed by atoms with Gasteiger partial charge in [0.25, 0.3) is 0 Å². The van der Waals surface area contributed by atoms with Crippen LogP contribution < -0.4 is 10.6 Å². The van der Waals surface area contributed by atoms with Gasteiger partial charge in [0.05, 0.1) is 5.69 Å². The molecule has 5 nitrogen and oxygen atoms in total. The minimum atomic E-state index is 0.328. The summed E-state index contributed by atoms with van der Waals surface area (Å²) in [4.78, 5) is 20.8. The molecule has 1 aromatic carbocycles. The summed E-state index contributed by atoms with van der Waals surface area (Å²) in [5.41, 5.74) is 12.1. The van der Waals surface area contributed by atoms with Crippen LogP contribution in [0.3, 0.4) is 0 Å². The van der Waals surface area contributed by atoms with Gasteiger partial charge in [0.15, 0.2) is 0 Å². The van der Waals surface area contributed by atoms with E-state index in [2.05, 4.69) is 40.0 Å². The molecule has 0 atom stereocenters. The summed E-state index contributed by atoms with van der Waals surface area (Å²) in [6.07, 6.45) is 7.18. The molecule has 1 saturated carbocycles. The molecule has 0 radical (unpaired) electrons. The van der Waals surface area contributed by atoms with Crippen molar-refractivity contribution in [2.45, 2.75) is 51.2 Å². The lowest BCUT2D eigenvalue weighted by atomic mass is 9.90. The average Bonchev–Trinajstić information content (AvgIpc) is 2.68. The van der Waals surface area contributed by atoms with E-state index in [1.165, 1.54) is 0 Å². The zero-order valence-electron chi connectivity index (χ0n) is 17.5. The zero-order valence-corrected chi connectivity index (χ0v) is 17.5. The maximum Gasteiger partial charge on any atom is 0.150 e. The van der Waals surface area contributed by atoms with Gasteiger partial charge in [-0.1, -0.05) is 6.07 Å². The van der Waals surface area contributed by atoms with E-state index in [1.807, 2.05) is 33.3 Å². The van der Waals surface area contributed by atoms with E-state index in [1.54, 1.807) is 0 Å². The van der Waals surface area contributed by atoms with Crippen molar-refractivity contribution < 1.29 is 4.79 Å². The Morgan fingerprint density at radius 2 is 1.82 bits per heavy atom. The molecule has 0 spiro atoms. The fourth-order valence-electron chi connectivity index (χ4n) is 4.07. The van der Waals surface area contributed by atoms with Crippen molar-refractivity contribution in [1.82, 2.24) is 9.88 Å². The van der Waals surface area contributed by atoms with Crippen molar-refractivity contribution in [3.63, 3.8) is 0 Å². The van der Waals surface area contributed by atoms with Crippen LogP contribution in [0.2, 0.25) is 0 Å². The molecule has 0 bridgehead atoms. The van der Waals surface area contributed by atoms with Gasteiger partial charge in [-0.25, -0.2) is 0 Å². The molecule has 0 amide bonds. The largest absolute Gasteiger partial charge is 0.371 e. The average molecular weight is 381 g/mol. The van der Waals surface area contributed by atoms with E-state index in [0.29, 0.717) is 12.1 Å². The topological polar surface area (TPSA) is 62.5 Å². The molecule has 5 heteroatoms. The van der Waals surface area contributed by atoms with Crippen LogP contribution in [0.25, 0.3) is 11.1 Å². The SMILES string of the molecule is Cc1c(C=O)cc(-c2ccc(CN(C)C)nc2)cc1N(C)C1CCC(N)CC1. The van der Waals surface area contributed by atoms with Gasteiger partial charge < -0.3 is 15.5 Å². The molecule has 1 heterocycles. The molecule has 0 unspecified atom stereocenters. The van der Waals surface area contributed by atoms with Gasteiger partial charge in [-0.15, -0.1) is 0 Å². The number of rotatable bonds is 6. The first-order chi connectivity index (χ1) is 13.4. The van der Waals surface area contributed by atoms with E-state index < -0.39 is 0 Å². The quantitative estimate of drug-likeness (QED) is 0.775. The first-order valence-electron chi connectivity index (χ1n) is 10.1. The van der Waals surface area contributed by atoms with Crippen LogP contribution in [0.4, 0.5) is 5.69 Å². The summed E-state index contributed by atoms with van der Waals surface area (Å²) in [7, 11) is 6.21. The maximum atomic E-state index is 11.7. The van der Waals surface area contributed by atoms with Crippen LogP contribution in [0, 0.1) is 6.92 Å². The summed E-state index contributed by atoms with van der Waals surface area (Å²) < 4.78 is 0. The highest BCUT2D eigenvalue weighted by atomic mass is 16.1. The van der Waals surface area contributed by atoms with Crippen LogP contribution >= 0.6 is 0 Å². The third-order valence-electron chi connectivity index (χ3n) is 5.85. The van der Waals surface area contributed by atoms with E-state index >= 15 is 0 Å². The molecule has 0 aliphatic heterocycles. The van der Waals surface area contributed by atoms with Crippen LogP contribution in [-0.4, -0.2) is 49.4 Å². The monoisotopic (exact) mass is 380 g/mol. The molecule has 150 valence electrons. The first kappa shape index (κ1) is 20.5. The second kappa shape index (κ2) is 8.84. The Kier molecular flexibility index (Phi) is 6.47. The van der Waals surface area contributed by atoms with Crippen molar-refractivity contribution in [2.24, 2.45) is 5.73 Å². The number of nitrogens with zero attached hydrogens (tertiary/aromatic N) is 3. The number of hydrogen-bond acceptors (Lipinski definition) is 5. The Morgan fingerprint density at radius 1 is 1.11 bits per heavy atom. The summed E-state index contributed by atoms with van der Waals surface area (Å²) in [6, 6.07) is 9.11. The molecule has 2 N–H and O–H groups in total. The second-order valence-electron chi connectivity index (χ2n) is 8.28. The standard InChI is InChI=1S/C23H32N4O/c1-16-19(15-28)11-18(17-5-8-21(25-13-17)14-26(2)3)12-23(16)27(4)22-9-6-20(24)7-10-22/h5,8,11-13,15,20,22H,6-7,9-10,14,24H2,1-4H3.